The summed E-state index contributed by atoms with van der Waals surface area (Å²) in [5, 5.41) is 6.43. The van der Waals surface area contributed by atoms with Crippen molar-refractivity contribution in [2.45, 2.75) is 26.3 Å². The number of nitrogens with zero attached hydrogens (tertiary/aromatic N) is 2. The molecule has 1 atom stereocenters. The van der Waals surface area contributed by atoms with Gasteiger partial charge in [-0.15, -0.1) is 0 Å². The smallest absolute Gasteiger partial charge is 0.321 e. The van der Waals surface area contributed by atoms with Gasteiger partial charge >= 0.3 is 5.69 Å². The first-order valence-electron chi connectivity index (χ1n) is 5.63. The number of H-pyrrole nitrogens is 1. The van der Waals surface area contributed by atoms with Crippen molar-refractivity contribution in [1.82, 2.24) is 14.8 Å². The summed E-state index contributed by atoms with van der Waals surface area (Å²) in [4.78, 5) is 11.7. The normalized spacial score (nSPS) is 12.6. The first-order chi connectivity index (χ1) is 8.13. The topological polar surface area (TPSA) is 76.7 Å². The van der Waals surface area contributed by atoms with Gasteiger partial charge in [-0.25, -0.2) is 14.5 Å². The molecule has 90 valence electrons. The van der Waals surface area contributed by atoms with Gasteiger partial charge in [0.2, 0.25) is 0 Å². The summed E-state index contributed by atoms with van der Waals surface area (Å²) in [6, 6.07) is 7.44. The maximum Gasteiger partial charge on any atom is 0.347 e. The minimum atomic E-state index is -0.257. The Morgan fingerprint density at radius 2 is 2.06 bits per heavy atom. The van der Waals surface area contributed by atoms with Gasteiger partial charge in [-0.1, -0.05) is 24.6 Å². The number of hydrogen-bond donors (Lipinski definition) is 2. The molecule has 1 aromatic heterocycles. The number of nitrogens with one attached hydrogen (secondary N) is 1. The van der Waals surface area contributed by atoms with Gasteiger partial charge in [-0.3, -0.25) is 0 Å². The quantitative estimate of drug-likeness (QED) is 0.836. The predicted molar refractivity (Wildman–Crippen MR) is 66.1 cm³/mol. The van der Waals surface area contributed by atoms with Crippen LogP contribution >= 0.6 is 0 Å². The van der Waals surface area contributed by atoms with E-state index >= 15 is 0 Å². The fourth-order valence-corrected chi connectivity index (χ4v) is 1.68. The van der Waals surface area contributed by atoms with Crippen molar-refractivity contribution in [2.24, 2.45) is 5.73 Å². The summed E-state index contributed by atoms with van der Waals surface area (Å²) in [5.74, 6) is 0.571. The Kier molecular flexibility index (Phi) is 3.10. The van der Waals surface area contributed by atoms with Crippen molar-refractivity contribution in [1.29, 1.82) is 0 Å². The van der Waals surface area contributed by atoms with Crippen LogP contribution in [0.5, 0.6) is 0 Å². The lowest BCUT2D eigenvalue weighted by atomic mass is 10.2. The predicted octanol–water partition coefficient (Wildman–Crippen LogP) is 1.28. The van der Waals surface area contributed by atoms with Crippen LogP contribution < -0.4 is 11.4 Å². The highest BCUT2D eigenvalue weighted by Gasteiger charge is 2.15. The van der Waals surface area contributed by atoms with E-state index in [0.29, 0.717) is 5.82 Å². The van der Waals surface area contributed by atoms with E-state index in [9.17, 15) is 4.79 Å². The molecule has 0 saturated heterocycles. The van der Waals surface area contributed by atoms with Gasteiger partial charge in [0.05, 0.1) is 11.7 Å². The van der Waals surface area contributed by atoms with E-state index in [2.05, 4.69) is 10.2 Å². The maximum atomic E-state index is 11.7. The van der Waals surface area contributed by atoms with Crippen molar-refractivity contribution in [3.63, 3.8) is 0 Å². The van der Waals surface area contributed by atoms with E-state index < -0.39 is 0 Å². The van der Waals surface area contributed by atoms with Gasteiger partial charge < -0.3 is 5.73 Å². The van der Waals surface area contributed by atoms with Crippen molar-refractivity contribution in [2.75, 3.05) is 0 Å². The van der Waals surface area contributed by atoms with Crippen LogP contribution in [0.1, 0.15) is 30.8 Å². The summed E-state index contributed by atoms with van der Waals surface area (Å²) < 4.78 is 1.52. The zero-order valence-electron chi connectivity index (χ0n) is 9.97. The van der Waals surface area contributed by atoms with E-state index in [-0.39, 0.29) is 11.7 Å². The molecule has 0 fully saturated rings. The molecule has 1 aromatic carbocycles. The van der Waals surface area contributed by atoms with Crippen LogP contribution in [0.4, 0.5) is 0 Å². The molecule has 0 spiro atoms. The van der Waals surface area contributed by atoms with Crippen LogP contribution in [0.3, 0.4) is 0 Å². The number of nitrogens with two attached hydrogens (primary N) is 1. The van der Waals surface area contributed by atoms with Crippen molar-refractivity contribution >= 4 is 0 Å². The Bertz CT molecular complexity index is 553. The largest absolute Gasteiger partial charge is 0.347 e. The molecule has 0 bridgehead atoms. The molecular weight excluding hydrogens is 216 g/mol. The SMILES string of the molecule is CC[C@H](N)c1n[nH]c(=O)n1-c1ccc(C)cc1. The summed E-state index contributed by atoms with van der Waals surface area (Å²) in [5.41, 5.74) is 7.61. The highest BCUT2D eigenvalue weighted by atomic mass is 16.1. The molecule has 1 heterocycles. The van der Waals surface area contributed by atoms with Crippen LogP contribution in [0.2, 0.25) is 0 Å². The average molecular weight is 232 g/mol. The van der Waals surface area contributed by atoms with Crippen molar-refractivity contribution in [3.05, 3.63) is 46.1 Å². The molecule has 3 N–H and O–H groups in total. The highest BCUT2D eigenvalue weighted by molar-refractivity contribution is 5.35. The van der Waals surface area contributed by atoms with Gasteiger partial charge in [0, 0.05) is 0 Å². The van der Waals surface area contributed by atoms with Crippen molar-refractivity contribution in [3.8, 4) is 5.69 Å². The number of benzene rings is 1. The number of aromatic nitrogens is 3. The molecule has 0 aliphatic rings. The fourth-order valence-electron chi connectivity index (χ4n) is 1.68. The lowest BCUT2D eigenvalue weighted by Crippen LogP contribution is -2.21. The van der Waals surface area contributed by atoms with Crippen LogP contribution in [0, 0.1) is 6.92 Å². The first-order valence-corrected chi connectivity index (χ1v) is 5.63. The minimum absolute atomic E-state index is 0.241. The first kappa shape index (κ1) is 11.6. The molecule has 0 aliphatic heterocycles. The fraction of sp³-hybridized carbons (Fsp3) is 0.333. The van der Waals surface area contributed by atoms with Gasteiger partial charge in [-0.2, -0.15) is 5.10 Å². The summed E-state index contributed by atoms with van der Waals surface area (Å²) >= 11 is 0. The van der Waals surface area contributed by atoms with E-state index in [0.717, 1.165) is 17.7 Å². The Labute approximate surface area is 99.3 Å². The Morgan fingerprint density at radius 3 is 2.65 bits per heavy atom. The summed E-state index contributed by atoms with van der Waals surface area (Å²) in [6.45, 7) is 3.96. The molecule has 0 amide bonds. The van der Waals surface area contributed by atoms with Gasteiger partial charge in [0.15, 0.2) is 5.82 Å². The number of aryl methyl sites for hydroxylation is 1. The second-order valence-corrected chi connectivity index (χ2v) is 4.07. The maximum absolute atomic E-state index is 11.7. The molecule has 2 rings (SSSR count). The standard InChI is InChI=1S/C12H16N4O/c1-3-10(13)11-14-15-12(17)16(11)9-6-4-8(2)5-7-9/h4-7,10H,3,13H2,1-2H3,(H,15,17)/t10-/m0/s1. The number of rotatable bonds is 3. The van der Waals surface area contributed by atoms with Crippen LogP contribution in [0.25, 0.3) is 5.69 Å². The molecule has 5 heteroatoms. The third-order valence-electron chi connectivity index (χ3n) is 2.76. The van der Waals surface area contributed by atoms with E-state index in [1.807, 2.05) is 38.1 Å². The lowest BCUT2D eigenvalue weighted by Gasteiger charge is -2.10. The van der Waals surface area contributed by atoms with E-state index in [4.69, 9.17) is 5.73 Å². The molecule has 0 aliphatic carbocycles. The van der Waals surface area contributed by atoms with Gasteiger partial charge in [0.1, 0.15) is 0 Å². The average Bonchev–Trinajstić information content (AvgIpc) is 2.71. The Balaban J connectivity index is 2.54. The minimum Gasteiger partial charge on any atom is -0.321 e. The van der Waals surface area contributed by atoms with E-state index in [1.165, 1.54) is 4.57 Å². The molecule has 0 unspecified atom stereocenters. The van der Waals surface area contributed by atoms with E-state index in [1.54, 1.807) is 0 Å². The monoisotopic (exact) mass is 232 g/mol. The van der Waals surface area contributed by atoms with Crippen molar-refractivity contribution < 1.29 is 0 Å². The second kappa shape index (κ2) is 4.55. The molecular formula is C12H16N4O. The lowest BCUT2D eigenvalue weighted by molar-refractivity contribution is 0.631. The third-order valence-corrected chi connectivity index (χ3v) is 2.76. The zero-order valence-corrected chi connectivity index (χ0v) is 9.97. The molecule has 17 heavy (non-hydrogen) atoms. The zero-order chi connectivity index (χ0) is 12.4. The van der Waals surface area contributed by atoms with Gasteiger partial charge in [0.25, 0.3) is 0 Å². The van der Waals surface area contributed by atoms with Crippen LogP contribution in [0.15, 0.2) is 29.1 Å². The summed E-state index contributed by atoms with van der Waals surface area (Å²) in [7, 11) is 0. The molecule has 5 nitrogen and oxygen atoms in total. The molecule has 2 aromatic rings. The Hall–Kier alpha value is -1.88. The molecule has 0 saturated carbocycles. The molecule has 0 radical (unpaired) electrons. The second-order valence-electron chi connectivity index (χ2n) is 4.07. The van der Waals surface area contributed by atoms with Crippen LogP contribution in [-0.4, -0.2) is 14.8 Å². The highest BCUT2D eigenvalue weighted by Crippen LogP contribution is 2.14. The number of aromatic amines is 1. The summed E-state index contributed by atoms with van der Waals surface area (Å²) in [6.07, 6.45) is 0.732. The third kappa shape index (κ3) is 2.14. The number of hydrogen-bond acceptors (Lipinski definition) is 3. The Morgan fingerprint density at radius 1 is 1.41 bits per heavy atom. The van der Waals surface area contributed by atoms with Gasteiger partial charge in [-0.05, 0) is 25.5 Å². The van der Waals surface area contributed by atoms with Crippen LogP contribution in [-0.2, 0) is 0 Å².